The van der Waals surface area contributed by atoms with Crippen molar-refractivity contribution in [2.45, 2.75) is 45.6 Å². The summed E-state index contributed by atoms with van der Waals surface area (Å²) in [6.45, 7) is 4.62. The molecule has 30 heavy (non-hydrogen) atoms. The number of hydrogen-bond donors (Lipinski definition) is 1. The average Bonchev–Trinajstić information content (AvgIpc) is 2.75. The molecule has 1 fully saturated rings. The van der Waals surface area contributed by atoms with E-state index in [0.29, 0.717) is 28.8 Å². The predicted molar refractivity (Wildman–Crippen MR) is 113 cm³/mol. The highest BCUT2D eigenvalue weighted by Gasteiger charge is 2.29. The van der Waals surface area contributed by atoms with E-state index in [2.05, 4.69) is 22.2 Å². The summed E-state index contributed by atoms with van der Waals surface area (Å²) in [6.07, 6.45) is 5.41. The first-order valence-electron chi connectivity index (χ1n) is 10.3. The first-order chi connectivity index (χ1) is 14.5. The molecule has 156 valence electrons. The second-order valence-corrected chi connectivity index (χ2v) is 7.68. The van der Waals surface area contributed by atoms with Crippen molar-refractivity contribution in [1.82, 2.24) is 14.9 Å². The zero-order chi connectivity index (χ0) is 21.3. The lowest BCUT2D eigenvalue weighted by Gasteiger charge is -2.35. The fourth-order valence-electron chi connectivity index (χ4n) is 4.04. The van der Waals surface area contributed by atoms with Crippen LogP contribution in [0.3, 0.4) is 0 Å². The molecule has 1 atom stereocenters. The van der Waals surface area contributed by atoms with Gasteiger partial charge < -0.3 is 10.2 Å². The van der Waals surface area contributed by atoms with Crippen LogP contribution in [0.1, 0.15) is 48.7 Å². The number of likely N-dealkylation sites (tertiary alicyclic amines) is 1. The topological polar surface area (TPSA) is 58.1 Å². The Hall–Kier alpha value is -3.09. The van der Waals surface area contributed by atoms with Gasteiger partial charge in [-0.1, -0.05) is 6.92 Å². The zero-order valence-corrected chi connectivity index (χ0v) is 17.1. The molecule has 3 aromatic rings. The van der Waals surface area contributed by atoms with E-state index in [1.54, 1.807) is 0 Å². The molecule has 0 spiro atoms. The molecule has 0 aliphatic carbocycles. The second kappa shape index (κ2) is 8.34. The lowest BCUT2D eigenvalue weighted by Crippen LogP contribution is -2.43. The molecule has 1 aromatic carbocycles. The number of rotatable bonds is 4. The van der Waals surface area contributed by atoms with Gasteiger partial charge in [-0.2, -0.15) is 0 Å². The van der Waals surface area contributed by atoms with Crippen molar-refractivity contribution in [1.29, 1.82) is 0 Å². The molecule has 4 rings (SSSR count). The van der Waals surface area contributed by atoms with Crippen molar-refractivity contribution in [2.24, 2.45) is 0 Å². The summed E-state index contributed by atoms with van der Waals surface area (Å²) >= 11 is 0. The van der Waals surface area contributed by atoms with E-state index in [9.17, 15) is 13.6 Å². The van der Waals surface area contributed by atoms with Crippen LogP contribution in [0, 0.1) is 18.6 Å². The maximum Gasteiger partial charge on any atom is 0.257 e. The lowest BCUT2D eigenvalue weighted by molar-refractivity contribution is 0.0609. The smallest absolute Gasteiger partial charge is 0.257 e. The van der Waals surface area contributed by atoms with Gasteiger partial charge in [0.05, 0.1) is 16.9 Å². The predicted octanol–water partition coefficient (Wildman–Crippen LogP) is 5.36. The Morgan fingerprint density at radius 3 is 2.83 bits per heavy atom. The van der Waals surface area contributed by atoms with E-state index in [0.717, 1.165) is 37.4 Å². The number of piperidine rings is 1. The largest absolute Gasteiger partial charge is 0.352 e. The standard InChI is InChI=1S/C23H24F2N4O/c1-3-16-6-4-5-11-29(16)23(30)18-13-26-22-17(9-7-14(2)27-22)21(18)28-20-10-8-15(24)12-19(20)25/h7-10,12-13,16H,3-6,11H2,1-2H3,(H,26,27,28). The average molecular weight is 410 g/mol. The second-order valence-electron chi connectivity index (χ2n) is 7.68. The van der Waals surface area contributed by atoms with Gasteiger partial charge in [0.1, 0.15) is 11.6 Å². The number of nitrogens with one attached hydrogen (secondary N) is 1. The van der Waals surface area contributed by atoms with Crippen LogP contribution in [-0.4, -0.2) is 33.4 Å². The number of fused-ring (bicyclic) bond motifs is 1. The van der Waals surface area contributed by atoms with Gasteiger partial charge in [0, 0.05) is 35.9 Å². The number of aryl methyl sites for hydroxylation is 1. The van der Waals surface area contributed by atoms with Gasteiger partial charge in [-0.3, -0.25) is 4.79 Å². The molecular weight excluding hydrogens is 386 g/mol. The van der Waals surface area contributed by atoms with Crippen LogP contribution in [-0.2, 0) is 0 Å². The lowest BCUT2D eigenvalue weighted by atomic mass is 9.98. The highest BCUT2D eigenvalue weighted by molar-refractivity contribution is 6.07. The van der Waals surface area contributed by atoms with Gasteiger partial charge in [-0.15, -0.1) is 0 Å². The Bertz CT molecular complexity index is 1100. The van der Waals surface area contributed by atoms with Crippen molar-refractivity contribution in [2.75, 3.05) is 11.9 Å². The van der Waals surface area contributed by atoms with Crippen LogP contribution in [0.15, 0.2) is 36.5 Å². The van der Waals surface area contributed by atoms with Gasteiger partial charge in [0.2, 0.25) is 0 Å². The Balaban J connectivity index is 1.83. The molecule has 0 radical (unpaired) electrons. The summed E-state index contributed by atoms with van der Waals surface area (Å²) in [5.74, 6) is -1.53. The number of anilines is 2. The normalized spacial score (nSPS) is 16.7. The van der Waals surface area contributed by atoms with E-state index in [4.69, 9.17) is 0 Å². The molecule has 0 bridgehead atoms. The Kier molecular flexibility index (Phi) is 5.61. The third-order valence-corrected chi connectivity index (χ3v) is 5.65. The molecule has 1 aliphatic heterocycles. The minimum absolute atomic E-state index is 0.0872. The fraction of sp³-hybridized carbons (Fsp3) is 0.348. The number of benzene rings is 1. The Labute approximate surface area is 174 Å². The number of carbonyl (C=O) groups excluding carboxylic acids is 1. The van der Waals surface area contributed by atoms with Crippen LogP contribution in [0.4, 0.5) is 20.2 Å². The van der Waals surface area contributed by atoms with Crippen LogP contribution < -0.4 is 5.32 Å². The van der Waals surface area contributed by atoms with E-state index >= 15 is 0 Å². The van der Waals surface area contributed by atoms with E-state index in [1.165, 1.54) is 18.3 Å². The van der Waals surface area contributed by atoms with E-state index in [1.807, 2.05) is 24.0 Å². The minimum atomic E-state index is -0.733. The Morgan fingerprint density at radius 2 is 2.07 bits per heavy atom. The summed E-state index contributed by atoms with van der Waals surface area (Å²) in [4.78, 5) is 24.2. The highest BCUT2D eigenvalue weighted by Crippen LogP contribution is 2.32. The molecule has 3 heterocycles. The molecule has 1 amide bonds. The molecule has 1 saturated heterocycles. The quantitative estimate of drug-likeness (QED) is 0.629. The summed E-state index contributed by atoms with van der Waals surface area (Å²) in [5.41, 5.74) is 2.13. The molecule has 0 saturated carbocycles. The monoisotopic (exact) mass is 410 g/mol. The van der Waals surface area contributed by atoms with Crippen molar-refractivity contribution in [3.8, 4) is 0 Å². The first-order valence-corrected chi connectivity index (χ1v) is 10.3. The minimum Gasteiger partial charge on any atom is -0.352 e. The number of hydrogen-bond acceptors (Lipinski definition) is 4. The number of carbonyl (C=O) groups is 1. The van der Waals surface area contributed by atoms with Crippen molar-refractivity contribution in [3.05, 3.63) is 59.4 Å². The highest BCUT2D eigenvalue weighted by atomic mass is 19.1. The van der Waals surface area contributed by atoms with Crippen LogP contribution >= 0.6 is 0 Å². The van der Waals surface area contributed by atoms with Crippen molar-refractivity contribution in [3.63, 3.8) is 0 Å². The maximum atomic E-state index is 14.4. The van der Waals surface area contributed by atoms with E-state index < -0.39 is 11.6 Å². The van der Waals surface area contributed by atoms with Crippen LogP contribution in [0.2, 0.25) is 0 Å². The molecule has 1 unspecified atom stereocenters. The van der Waals surface area contributed by atoms with Crippen molar-refractivity contribution < 1.29 is 13.6 Å². The first kappa shape index (κ1) is 20.2. The zero-order valence-electron chi connectivity index (χ0n) is 17.1. The molecule has 7 heteroatoms. The number of nitrogens with zero attached hydrogens (tertiary/aromatic N) is 3. The molecule has 1 N–H and O–H groups in total. The summed E-state index contributed by atoms with van der Waals surface area (Å²) in [7, 11) is 0. The number of aromatic nitrogens is 2. The van der Waals surface area contributed by atoms with Gasteiger partial charge >= 0.3 is 0 Å². The molecular formula is C23H24F2N4O. The number of pyridine rings is 2. The van der Waals surface area contributed by atoms with Gasteiger partial charge in [0.15, 0.2) is 5.65 Å². The maximum absolute atomic E-state index is 14.4. The van der Waals surface area contributed by atoms with Gasteiger partial charge in [-0.25, -0.2) is 18.7 Å². The Morgan fingerprint density at radius 1 is 1.23 bits per heavy atom. The third kappa shape index (κ3) is 3.84. The van der Waals surface area contributed by atoms with Crippen LogP contribution in [0.5, 0.6) is 0 Å². The van der Waals surface area contributed by atoms with Crippen LogP contribution in [0.25, 0.3) is 11.0 Å². The van der Waals surface area contributed by atoms with E-state index in [-0.39, 0.29) is 17.6 Å². The molecule has 1 aliphatic rings. The molecule has 2 aromatic heterocycles. The summed E-state index contributed by atoms with van der Waals surface area (Å²) in [5, 5.41) is 3.63. The SMILES string of the molecule is CCC1CCCCN1C(=O)c1cnc2nc(C)ccc2c1Nc1ccc(F)cc1F. The number of halogens is 2. The van der Waals surface area contributed by atoms with Gasteiger partial charge in [0.25, 0.3) is 5.91 Å². The molecule has 5 nitrogen and oxygen atoms in total. The fourth-order valence-corrected chi connectivity index (χ4v) is 4.04. The van der Waals surface area contributed by atoms with Gasteiger partial charge in [-0.05, 0) is 56.9 Å². The summed E-state index contributed by atoms with van der Waals surface area (Å²) in [6, 6.07) is 7.12. The van der Waals surface area contributed by atoms with Crippen molar-refractivity contribution >= 4 is 28.3 Å². The third-order valence-electron chi connectivity index (χ3n) is 5.65. The number of amides is 1. The summed E-state index contributed by atoms with van der Waals surface area (Å²) < 4.78 is 27.7.